The standard InChI is InChI=1S/C12H13F3N4S/c1-19-10(6-16)17-18-11(19)20-7-8-4-2-3-5-9(8)12(13,14)15/h2-5H,6-7,16H2,1H3. The molecule has 4 nitrogen and oxygen atoms in total. The predicted octanol–water partition coefficient (Wildman–Crippen LogP) is 2.58. The molecule has 0 fully saturated rings. The SMILES string of the molecule is Cn1c(CN)nnc1SCc1ccccc1C(F)(F)F. The van der Waals surface area contributed by atoms with E-state index in [-0.39, 0.29) is 17.9 Å². The first-order valence-electron chi connectivity index (χ1n) is 5.79. The monoisotopic (exact) mass is 302 g/mol. The van der Waals surface area contributed by atoms with Crippen molar-refractivity contribution >= 4 is 11.8 Å². The van der Waals surface area contributed by atoms with Crippen molar-refractivity contribution in [3.63, 3.8) is 0 Å². The fourth-order valence-corrected chi connectivity index (χ4v) is 2.65. The Morgan fingerprint density at radius 2 is 1.95 bits per heavy atom. The molecule has 0 spiro atoms. The van der Waals surface area contributed by atoms with Gasteiger partial charge in [0.15, 0.2) is 5.16 Å². The van der Waals surface area contributed by atoms with Gasteiger partial charge in [0.1, 0.15) is 5.82 Å². The van der Waals surface area contributed by atoms with Gasteiger partial charge in [0.05, 0.1) is 12.1 Å². The summed E-state index contributed by atoms with van der Waals surface area (Å²) in [5.41, 5.74) is 5.08. The summed E-state index contributed by atoms with van der Waals surface area (Å²) in [6, 6.07) is 5.52. The minimum Gasteiger partial charge on any atom is -0.324 e. The van der Waals surface area contributed by atoms with E-state index in [1.54, 1.807) is 17.7 Å². The first-order chi connectivity index (χ1) is 9.43. The molecule has 2 rings (SSSR count). The molecule has 0 bridgehead atoms. The third-order valence-electron chi connectivity index (χ3n) is 2.79. The van der Waals surface area contributed by atoms with E-state index in [0.717, 1.165) is 6.07 Å². The van der Waals surface area contributed by atoms with Crippen LogP contribution in [0.15, 0.2) is 29.4 Å². The van der Waals surface area contributed by atoms with E-state index in [9.17, 15) is 13.2 Å². The lowest BCUT2D eigenvalue weighted by Gasteiger charge is -2.12. The van der Waals surface area contributed by atoms with Crippen molar-refractivity contribution in [2.24, 2.45) is 12.8 Å². The van der Waals surface area contributed by atoms with E-state index in [0.29, 0.717) is 11.0 Å². The number of thioether (sulfide) groups is 1. The maximum atomic E-state index is 12.9. The lowest BCUT2D eigenvalue weighted by atomic mass is 10.1. The molecule has 8 heteroatoms. The maximum absolute atomic E-state index is 12.9. The second-order valence-electron chi connectivity index (χ2n) is 4.11. The van der Waals surface area contributed by atoms with Crippen LogP contribution in [0.1, 0.15) is 17.0 Å². The van der Waals surface area contributed by atoms with Crippen molar-refractivity contribution in [1.82, 2.24) is 14.8 Å². The van der Waals surface area contributed by atoms with E-state index in [2.05, 4.69) is 10.2 Å². The van der Waals surface area contributed by atoms with Crippen LogP contribution < -0.4 is 5.73 Å². The summed E-state index contributed by atoms with van der Waals surface area (Å²) < 4.78 is 40.2. The molecule has 1 heterocycles. The maximum Gasteiger partial charge on any atom is 0.416 e. The highest BCUT2D eigenvalue weighted by atomic mass is 32.2. The first-order valence-corrected chi connectivity index (χ1v) is 6.78. The number of halogens is 3. The number of aromatic nitrogens is 3. The second kappa shape index (κ2) is 5.84. The average molecular weight is 302 g/mol. The molecule has 0 aliphatic rings. The highest BCUT2D eigenvalue weighted by Gasteiger charge is 2.32. The summed E-state index contributed by atoms with van der Waals surface area (Å²) in [4.78, 5) is 0. The van der Waals surface area contributed by atoms with Crippen LogP contribution in [0.5, 0.6) is 0 Å². The molecule has 0 unspecified atom stereocenters. The molecule has 0 saturated carbocycles. The van der Waals surface area contributed by atoms with Crippen LogP contribution >= 0.6 is 11.8 Å². The first kappa shape index (κ1) is 14.9. The lowest BCUT2D eigenvalue weighted by molar-refractivity contribution is -0.138. The number of rotatable bonds is 4. The number of benzene rings is 1. The van der Waals surface area contributed by atoms with Crippen molar-refractivity contribution in [2.75, 3.05) is 0 Å². The van der Waals surface area contributed by atoms with E-state index in [4.69, 9.17) is 5.73 Å². The number of alkyl halides is 3. The van der Waals surface area contributed by atoms with Gasteiger partial charge in [-0.25, -0.2) is 0 Å². The van der Waals surface area contributed by atoms with Gasteiger partial charge in [0.2, 0.25) is 0 Å². The van der Waals surface area contributed by atoms with E-state index in [1.807, 2.05) is 0 Å². The minimum absolute atomic E-state index is 0.173. The van der Waals surface area contributed by atoms with Gasteiger partial charge < -0.3 is 10.3 Å². The molecule has 0 saturated heterocycles. The molecule has 1 aromatic heterocycles. The Bertz CT molecular complexity index is 595. The Labute approximate surface area is 118 Å². The Kier molecular flexibility index (Phi) is 4.34. The molecule has 0 aliphatic heterocycles. The van der Waals surface area contributed by atoms with Crippen LogP contribution in [0.3, 0.4) is 0 Å². The fourth-order valence-electron chi connectivity index (χ4n) is 1.71. The Balaban J connectivity index is 2.17. The highest BCUT2D eigenvalue weighted by molar-refractivity contribution is 7.98. The van der Waals surface area contributed by atoms with Gasteiger partial charge >= 0.3 is 6.18 Å². The van der Waals surface area contributed by atoms with E-state index in [1.165, 1.54) is 23.9 Å². The van der Waals surface area contributed by atoms with Crippen molar-refractivity contribution in [1.29, 1.82) is 0 Å². The zero-order chi connectivity index (χ0) is 14.8. The van der Waals surface area contributed by atoms with Crippen molar-refractivity contribution < 1.29 is 13.2 Å². The van der Waals surface area contributed by atoms with Crippen LogP contribution in [0.4, 0.5) is 13.2 Å². The molecule has 20 heavy (non-hydrogen) atoms. The zero-order valence-electron chi connectivity index (χ0n) is 10.7. The van der Waals surface area contributed by atoms with Crippen molar-refractivity contribution in [3.05, 3.63) is 41.2 Å². The fraction of sp³-hybridized carbons (Fsp3) is 0.333. The molecule has 108 valence electrons. The average Bonchev–Trinajstić information content (AvgIpc) is 2.76. The summed E-state index contributed by atoms with van der Waals surface area (Å²) in [6.45, 7) is 0.239. The van der Waals surface area contributed by atoms with Gasteiger partial charge in [-0.15, -0.1) is 10.2 Å². The second-order valence-corrected chi connectivity index (χ2v) is 5.05. The van der Waals surface area contributed by atoms with Gasteiger partial charge in [-0.2, -0.15) is 13.2 Å². The Morgan fingerprint density at radius 1 is 1.25 bits per heavy atom. The van der Waals surface area contributed by atoms with Gasteiger partial charge in [-0.05, 0) is 11.6 Å². The van der Waals surface area contributed by atoms with E-state index >= 15 is 0 Å². The number of nitrogens with zero attached hydrogens (tertiary/aromatic N) is 3. The van der Waals surface area contributed by atoms with Crippen LogP contribution in [0, 0.1) is 0 Å². The summed E-state index contributed by atoms with van der Waals surface area (Å²) >= 11 is 1.20. The molecule has 0 atom stereocenters. The quantitative estimate of drug-likeness (QED) is 0.882. The molecule has 0 aliphatic carbocycles. The summed E-state index contributed by atoms with van der Waals surface area (Å²) in [7, 11) is 1.74. The van der Waals surface area contributed by atoms with Gasteiger partial charge in [0.25, 0.3) is 0 Å². The highest BCUT2D eigenvalue weighted by Crippen LogP contribution is 2.34. The summed E-state index contributed by atoms with van der Waals surface area (Å²) in [5.74, 6) is 0.767. The van der Waals surface area contributed by atoms with Crippen molar-refractivity contribution in [2.45, 2.75) is 23.6 Å². The summed E-state index contributed by atoms with van der Waals surface area (Å²) in [6.07, 6.45) is -4.35. The van der Waals surface area contributed by atoms with Crippen molar-refractivity contribution in [3.8, 4) is 0 Å². The van der Waals surface area contributed by atoms with Crippen LogP contribution in [0.25, 0.3) is 0 Å². The molecule has 2 N–H and O–H groups in total. The lowest BCUT2D eigenvalue weighted by Crippen LogP contribution is -2.08. The molecule has 0 amide bonds. The van der Waals surface area contributed by atoms with Gasteiger partial charge in [-0.1, -0.05) is 30.0 Å². The third-order valence-corrected chi connectivity index (χ3v) is 3.86. The minimum atomic E-state index is -4.35. The Morgan fingerprint density at radius 3 is 2.55 bits per heavy atom. The Hall–Kier alpha value is -1.54. The van der Waals surface area contributed by atoms with Crippen LogP contribution in [-0.2, 0) is 25.5 Å². The van der Waals surface area contributed by atoms with Crippen LogP contribution in [-0.4, -0.2) is 14.8 Å². The number of hydrogen-bond donors (Lipinski definition) is 1. The van der Waals surface area contributed by atoms with Gasteiger partial charge in [0, 0.05) is 12.8 Å². The normalized spacial score (nSPS) is 11.8. The smallest absolute Gasteiger partial charge is 0.324 e. The number of hydrogen-bond acceptors (Lipinski definition) is 4. The predicted molar refractivity (Wildman–Crippen MR) is 69.9 cm³/mol. The summed E-state index contributed by atoms with van der Waals surface area (Å²) in [5, 5.41) is 8.31. The number of nitrogens with two attached hydrogens (primary N) is 1. The van der Waals surface area contributed by atoms with Gasteiger partial charge in [-0.3, -0.25) is 0 Å². The third kappa shape index (κ3) is 3.13. The molecular formula is C12H13F3N4S. The molecule has 0 radical (unpaired) electrons. The molecular weight excluding hydrogens is 289 g/mol. The zero-order valence-corrected chi connectivity index (χ0v) is 11.5. The largest absolute Gasteiger partial charge is 0.416 e. The molecule has 2 aromatic rings. The molecule has 1 aromatic carbocycles. The van der Waals surface area contributed by atoms with Crippen LogP contribution in [0.2, 0.25) is 0 Å². The van der Waals surface area contributed by atoms with E-state index < -0.39 is 11.7 Å². The topological polar surface area (TPSA) is 56.7 Å².